The van der Waals surface area contributed by atoms with Gasteiger partial charge in [-0.15, -0.1) is 0 Å². The fourth-order valence-corrected chi connectivity index (χ4v) is 3.56. The molecule has 29 heavy (non-hydrogen) atoms. The molecule has 0 bridgehead atoms. The lowest BCUT2D eigenvalue weighted by atomic mass is 9.94. The first-order chi connectivity index (χ1) is 14.0. The van der Waals surface area contributed by atoms with Gasteiger partial charge in [-0.1, -0.05) is 36.0 Å². The van der Waals surface area contributed by atoms with E-state index in [4.69, 9.17) is 4.52 Å². The Kier molecular flexibility index (Phi) is 5.06. The molecule has 1 aliphatic heterocycles. The highest BCUT2D eigenvalue weighted by atomic mass is 79.9. The first-order valence-electron chi connectivity index (χ1n) is 8.73. The average molecular weight is 458 g/mol. The maximum absolute atomic E-state index is 13.5. The number of carbonyl (C=O) groups excluding carboxylic acids is 2. The molecule has 1 aromatic carbocycles. The summed E-state index contributed by atoms with van der Waals surface area (Å²) in [4.78, 5) is 31.0. The molecule has 1 aliphatic carbocycles. The van der Waals surface area contributed by atoms with E-state index in [2.05, 4.69) is 32.6 Å². The zero-order valence-corrected chi connectivity index (χ0v) is 16.7. The van der Waals surface area contributed by atoms with Gasteiger partial charge in [0.15, 0.2) is 6.54 Å². The number of aromatic nitrogens is 2. The highest BCUT2D eigenvalue weighted by molar-refractivity contribution is 9.10. The highest BCUT2D eigenvalue weighted by Gasteiger charge is 2.46. The van der Waals surface area contributed by atoms with Crippen LogP contribution in [0.1, 0.15) is 5.89 Å². The molecule has 1 unspecified atom stereocenters. The van der Waals surface area contributed by atoms with E-state index in [1.54, 1.807) is 30.4 Å². The monoisotopic (exact) mass is 457 g/mol. The molecule has 0 saturated carbocycles. The number of allylic oxidation sites excluding steroid dienone is 3. The Hall–Kier alpha value is -3.20. The maximum Gasteiger partial charge on any atom is 0.501 e. The van der Waals surface area contributed by atoms with Crippen LogP contribution in [0, 0.1) is 11.7 Å². The van der Waals surface area contributed by atoms with Gasteiger partial charge in [-0.05, 0) is 40.2 Å². The summed E-state index contributed by atoms with van der Waals surface area (Å²) in [6.07, 6.45) is 8.49. The largest absolute Gasteiger partial charge is 0.501 e. The normalized spacial score (nSPS) is 18.4. The van der Waals surface area contributed by atoms with Crippen molar-refractivity contribution in [3.8, 4) is 11.4 Å². The van der Waals surface area contributed by atoms with Crippen LogP contribution < -0.4 is 0 Å². The molecule has 2 aromatic rings. The predicted octanol–water partition coefficient (Wildman–Crippen LogP) is 3.48. The standard InChI is InChI=1S/C20H15BrFN4O3/c1-2-9-25-19(27)13-5-3-4-6-16(13)26(20(25)28)11-17-23-18(24-29-17)12-7-8-15(22)14(21)10-12/h2-8,10,13H,1,9,11H2/q+1. The van der Waals surface area contributed by atoms with Crippen molar-refractivity contribution in [1.29, 1.82) is 0 Å². The number of imide groups is 1. The second-order valence-corrected chi connectivity index (χ2v) is 7.25. The van der Waals surface area contributed by atoms with E-state index in [0.29, 0.717) is 11.3 Å². The van der Waals surface area contributed by atoms with Crippen molar-refractivity contribution in [2.45, 2.75) is 6.54 Å². The molecule has 146 valence electrons. The van der Waals surface area contributed by atoms with Crippen LogP contribution in [0.15, 0.2) is 64.2 Å². The smallest absolute Gasteiger partial charge is 0.335 e. The first-order valence-corrected chi connectivity index (χ1v) is 9.52. The number of benzene rings is 1. The summed E-state index contributed by atoms with van der Waals surface area (Å²) in [6, 6.07) is 3.89. The third-order valence-electron chi connectivity index (χ3n) is 4.56. The Bertz CT molecular complexity index is 1120. The Morgan fingerprint density at radius 2 is 2.17 bits per heavy atom. The number of amides is 3. The van der Waals surface area contributed by atoms with Crippen molar-refractivity contribution in [3.63, 3.8) is 0 Å². The number of nitrogens with zero attached hydrogens (tertiary/aromatic N) is 4. The minimum Gasteiger partial charge on any atom is -0.335 e. The average Bonchev–Trinajstić information content (AvgIpc) is 3.19. The van der Waals surface area contributed by atoms with Crippen molar-refractivity contribution in [2.75, 3.05) is 6.54 Å². The van der Waals surface area contributed by atoms with E-state index in [0.717, 1.165) is 4.90 Å². The van der Waals surface area contributed by atoms with Gasteiger partial charge in [0.2, 0.25) is 5.82 Å². The Balaban J connectivity index is 1.68. The first kappa shape index (κ1) is 19.1. The molecular weight excluding hydrogens is 443 g/mol. The van der Waals surface area contributed by atoms with Crippen molar-refractivity contribution in [2.24, 2.45) is 5.92 Å². The van der Waals surface area contributed by atoms with E-state index in [1.807, 2.05) is 0 Å². The summed E-state index contributed by atoms with van der Waals surface area (Å²) >= 11 is 3.13. The topological polar surface area (TPSA) is 79.3 Å². The predicted molar refractivity (Wildman–Crippen MR) is 105 cm³/mol. The minimum absolute atomic E-state index is 0.000859. The van der Waals surface area contributed by atoms with Gasteiger partial charge < -0.3 is 4.52 Å². The molecule has 2 aliphatic rings. The van der Waals surface area contributed by atoms with Gasteiger partial charge in [0, 0.05) is 5.56 Å². The molecule has 1 atom stereocenters. The molecule has 0 saturated heterocycles. The molecule has 7 nitrogen and oxygen atoms in total. The van der Waals surface area contributed by atoms with E-state index in [1.165, 1.54) is 22.8 Å². The molecular formula is C20H15BrFN4O3+. The quantitative estimate of drug-likeness (QED) is 0.507. The number of hydrogen-bond acceptors (Lipinski definition) is 5. The van der Waals surface area contributed by atoms with Crippen molar-refractivity contribution >= 4 is 33.6 Å². The molecule has 9 heteroatoms. The van der Waals surface area contributed by atoms with E-state index in [9.17, 15) is 14.0 Å². The SMILES string of the molecule is C=CCN1C(=O)C2C=CC=CC2=[N+](Cc2nc(-c3ccc(F)c(Br)c3)no2)C1=O. The number of urea groups is 1. The number of rotatable bonds is 5. The number of carbonyl (C=O) groups is 2. The fourth-order valence-electron chi connectivity index (χ4n) is 3.18. The van der Waals surface area contributed by atoms with Crippen LogP contribution >= 0.6 is 15.9 Å². The van der Waals surface area contributed by atoms with E-state index in [-0.39, 0.29) is 35.2 Å². The number of halogens is 2. The molecule has 0 N–H and O–H groups in total. The van der Waals surface area contributed by atoms with Crippen molar-refractivity contribution in [3.05, 3.63) is 71.3 Å². The van der Waals surface area contributed by atoms with Gasteiger partial charge >= 0.3 is 11.9 Å². The number of hydrogen-bond donors (Lipinski definition) is 0. The molecule has 1 aromatic heterocycles. The zero-order chi connectivity index (χ0) is 20.5. The van der Waals surface area contributed by atoms with Crippen LogP contribution in [-0.4, -0.2) is 43.8 Å². The van der Waals surface area contributed by atoms with Crippen LogP contribution in [0.2, 0.25) is 0 Å². The Morgan fingerprint density at radius 1 is 1.34 bits per heavy atom. The molecule has 2 heterocycles. The van der Waals surface area contributed by atoms with Gasteiger partial charge in [0.05, 0.1) is 4.47 Å². The summed E-state index contributed by atoms with van der Waals surface area (Å²) in [5.74, 6) is -0.805. The molecule has 0 fully saturated rings. The second-order valence-electron chi connectivity index (χ2n) is 6.39. The highest BCUT2D eigenvalue weighted by Crippen LogP contribution is 2.24. The summed E-state index contributed by atoms with van der Waals surface area (Å²) in [5.41, 5.74) is 1.11. The summed E-state index contributed by atoms with van der Waals surface area (Å²) < 4.78 is 20.5. The van der Waals surface area contributed by atoms with Crippen LogP contribution in [0.4, 0.5) is 9.18 Å². The van der Waals surface area contributed by atoms with Gasteiger partial charge in [-0.3, -0.25) is 0 Å². The number of fused-ring (bicyclic) bond motifs is 1. The lowest BCUT2D eigenvalue weighted by Gasteiger charge is -2.25. The van der Waals surface area contributed by atoms with Gasteiger partial charge in [-0.25, -0.2) is 9.18 Å². The Labute approximate surface area is 173 Å². The molecule has 4 rings (SSSR count). The van der Waals surface area contributed by atoms with Gasteiger partial charge in [-0.2, -0.15) is 19.3 Å². The third kappa shape index (κ3) is 3.49. The van der Waals surface area contributed by atoms with Gasteiger partial charge in [0.1, 0.15) is 24.0 Å². The molecule has 0 radical (unpaired) electrons. The lowest BCUT2D eigenvalue weighted by Crippen LogP contribution is -2.54. The van der Waals surface area contributed by atoms with Crippen molar-refractivity contribution < 1.29 is 23.1 Å². The van der Waals surface area contributed by atoms with Crippen molar-refractivity contribution in [1.82, 2.24) is 15.0 Å². The second kappa shape index (κ2) is 7.67. The molecule has 3 amide bonds. The Morgan fingerprint density at radius 3 is 2.93 bits per heavy atom. The third-order valence-corrected chi connectivity index (χ3v) is 5.16. The van der Waals surface area contributed by atoms with Gasteiger partial charge in [0.25, 0.3) is 5.89 Å². The summed E-state index contributed by atoms with van der Waals surface area (Å²) in [5, 5.41) is 3.92. The minimum atomic E-state index is -0.562. The van der Waals surface area contributed by atoms with Crippen LogP contribution in [0.3, 0.4) is 0 Å². The van der Waals surface area contributed by atoms with Crippen LogP contribution in [0.5, 0.6) is 0 Å². The van der Waals surface area contributed by atoms with Crippen LogP contribution in [-0.2, 0) is 11.3 Å². The maximum atomic E-state index is 13.5. The zero-order valence-electron chi connectivity index (χ0n) is 15.1. The van der Waals surface area contributed by atoms with E-state index >= 15 is 0 Å². The van der Waals surface area contributed by atoms with Crippen LogP contribution in [0.25, 0.3) is 11.4 Å². The summed E-state index contributed by atoms with van der Waals surface area (Å²) in [6.45, 7) is 3.72. The summed E-state index contributed by atoms with van der Waals surface area (Å²) in [7, 11) is 0. The molecule has 0 spiro atoms. The fraction of sp³-hybridized carbons (Fsp3) is 0.150. The van der Waals surface area contributed by atoms with E-state index < -0.39 is 17.8 Å². The lowest BCUT2D eigenvalue weighted by molar-refractivity contribution is -0.459.